The van der Waals surface area contributed by atoms with Gasteiger partial charge in [-0.3, -0.25) is 9.79 Å². The van der Waals surface area contributed by atoms with Crippen molar-refractivity contribution in [2.45, 2.75) is 45.6 Å². The van der Waals surface area contributed by atoms with Gasteiger partial charge in [-0.25, -0.2) is 0 Å². The van der Waals surface area contributed by atoms with E-state index in [9.17, 15) is 4.79 Å². The molecule has 154 valence electrons. The average molecular weight is 483 g/mol. The summed E-state index contributed by atoms with van der Waals surface area (Å²) in [4.78, 5) is 21.0. The van der Waals surface area contributed by atoms with Crippen LogP contribution in [0.3, 0.4) is 0 Å². The molecule has 2 N–H and O–H groups in total. The van der Waals surface area contributed by atoms with Gasteiger partial charge < -0.3 is 25.2 Å². The molecule has 0 atom stereocenters. The molecule has 26 heavy (non-hydrogen) atoms. The van der Waals surface area contributed by atoms with Crippen molar-refractivity contribution in [2.24, 2.45) is 4.99 Å². The van der Waals surface area contributed by atoms with Gasteiger partial charge in [-0.05, 0) is 47.7 Å². The highest BCUT2D eigenvalue weighted by molar-refractivity contribution is 14.0. The van der Waals surface area contributed by atoms with E-state index in [1.54, 1.807) is 0 Å². The van der Waals surface area contributed by atoms with Gasteiger partial charge in [-0.1, -0.05) is 0 Å². The lowest BCUT2D eigenvalue weighted by Gasteiger charge is -2.41. The molecule has 1 heterocycles. The number of hydrogen-bond donors (Lipinski definition) is 2. The third kappa shape index (κ3) is 7.96. The van der Waals surface area contributed by atoms with Crippen LogP contribution < -0.4 is 10.6 Å². The van der Waals surface area contributed by atoms with Crippen LogP contribution in [0.2, 0.25) is 0 Å². The maximum atomic E-state index is 12.1. The number of rotatable bonds is 9. The summed E-state index contributed by atoms with van der Waals surface area (Å²) >= 11 is 0. The smallest absolute Gasteiger partial charge is 0.224 e. The van der Waals surface area contributed by atoms with Gasteiger partial charge in [-0.2, -0.15) is 0 Å². The number of nitrogens with one attached hydrogen (secondary N) is 2. The van der Waals surface area contributed by atoms with Gasteiger partial charge in [0.1, 0.15) is 0 Å². The van der Waals surface area contributed by atoms with Gasteiger partial charge >= 0.3 is 0 Å². The first-order valence-corrected chi connectivity index (χ1v) is 9.54. The summed E-state index contributed by atoms with van der Waals surface area (Å²) in [5, 5.41) is 6.57. The minimum absolute atomic E-state index is 0. The maximum Gasteiger partial charge on any atom is 0.224 e. The van der Waals surface area contributed by atoms with Crippen LogP contribution in [0.1, 0.15) is 40.0 Å². The van der Waals surface area contributed by atoms with E-state index in [1.807, 2.05) is 18.7 Å². The van der Waals surface area contributed by atoms with Crippen molar-refractivity contribution in [3.8, 4) is 0 Å². The van der Waals surface area contributed by atoms with Crippen molar-refractivity contribution >= 4 is 35.8 Å². The van der Waals surface area contributed by atoms with Crippen molar-refractivity contribution in [1.29, 1.82) is 0 Å². The second-order valence-electron chi connectivity index (χ2n) is 6.67. The lowest BCUT2D eigenvalue weighted by molar-refractivity contribution is -0.130. The van der Waals surface area contributed by atoms with Crippen LogP contribution in [0.25, 0.3) is 0 Å². The summed E-state index contributed by atoms with van der Waals surface area (Å²) in [7, 11) is 4.23. The molecule has 0 aromatic heterocycles. The first-order valence-electron chi connectivity index (χ1n) is 9.54. The van der Waals surface area contributed by atoms with E-state index in [0.29, 0.717) is 13.0 Å². The molecule has 8 heteroatoms. The van der Waals surface area contributed by atoms with Crippen molar-refractivity contribution in [3.63, 3.8) is 0 Å². The second-order valence-corrected chi connectivity index (χ2v) is 6.67. The van der Waals surface area contributed by atoms with Crippen LogP contribution in [-0.2, 0) is 9.53 Å². The van der Waals surface area contributed by atoms with E-state index in [2.05, 4.69) is 36.6 Å². The van der Waals surface area contributed by atoms with Crippen LogP contribution in [0.5, 0.6) is 0 Å². The maximum absolute atomic E-state index is 12.1. The van der Waals surface area contributed by atoms with Gasteiger partial charge in [0.05, 0.1) is 6.54 Å². The highest BCUT2D eigenvalue weighted by Gasteiger charge is 2.34. The Bertz CT molecular complexity index is 422. The normalized spacial score (nSPS) is 16.8. The number of likely N-dealkylation sites (N-methyl/N-ethyl adjacent to an activating group) is 1. The standard InChI is InChI=1S/C18H37N5O2.HI/c1-6-19-17(20-12-9-16(24)23(7-2)8-3)21-15-18(22(4)5)10-13-25-14-11-18;/h6-15H2,1-5H3,(H2,19,20,21);1H. The number of hydrogen-bond acceptors (Lipinski definition) is 4. The predicted octanol–water partition coefficient (Wildman–Crippen LogP) is 1.53. The number of carbonyl (C=O) groups is 1. The summed E-state index contributed by atoms with van der Waals surface area (Å²) < 4.78 is 5.52. The van der Waals surface area contributed by atoms with E-state index < -0.39 is 0 Å². The molecule has 1 rings (SSSR count). The summed E-state index contributed by atoms with van der Waals surface area (Å²) in [5.41, 5.74) is 0.0532. The Kier molecular flexibility index (Phi) is 13.2. The molecule has 0 spiro atoms. The Morgan fingerprint density at radius 1 is 1.12 bits per heavy atom. The lowest BCUT2D eigenvalue weighted by Crippen LogP contribution is -2.51. The van der Waals surface area contributed by atoms with Crippen LogP contribution in [0, 0.1) is 0 Å². The van der Waals surface area contributed by atoms with Crippen molar-refractivity contribution in [3.05, 3.63) is 0 Å². The number of ether oxygens (including phenoxy) is 1. The minimum atomic E-state index is 0. The largest absolute Gasteiger partial charge is 0.381 e. The van der Waals surface area contributed by atoms with E-state index in [4.69, 9.17) is 9.73 Å². The fourth-order valence-corrected chi connectivity index (χ4v) is 3.09. The molecule has 1 saturated heterocycles. The number of nitrogens with zero attached hydrogens (tertiary/aromatic N) is 3. The molecule has 0 aromatic rings. The van der Waals surface area contributed by atoms with E-state index in [1.165, 1.54) is 0 Å². The molecule has 0 radical (unpaired) electrons. The number of aliphatic imine (C=N–C) groups is 1. The molecule has 0 saturated carbocycles. The fraction of sp³-hybridized carbons (Fsp3) is 0.889. The molecular weight excluding hydrogens is 445 g/mol. The van der Waals surface area contributed by atoms with Gasteiger partial charge in [0.2, 0.25) is 5.91 Å². The molecule has 7 nitrogen and oxygen atoms in total. The SMILES string of the molecule is CCNC(=NCC1(N(C)C)CCOCC1)NCCC(=O)N(CC)CC.I. The number of halogens is 1. The Labute approximate surface area is 176 Å². The zero-order chi connectivity index (χ0) is 18.7. The van der Waals surface area contributed by atoms with Gasteiger partial charge in [-0.15, -0.1) is 24.0 Å². The number of amides is 1. The highest BCUT2D eigenvalue weighted by atomic mass is 127. The number of guanidine groups is 1. The summed E-state index contributed by atoms with van der Waals surface area (Å²) in [6.45, 7) is 11.3. The first-order chi connectivity index (χ1) is 12.0. The monoisotopic (exact) mass is 483 g/mol. The molecule has 0 bridgehead atoms. The molecule has 1 fully saturated rings. The zero-order valence-corrected chi connectivity index (χ0v) is 19.5. The molecule has 1 aliphatic rings. The third-order valence-electron chi connectivity index (χ3n) is 5.00. The van der Waals surface area contributed by atoms with Crippen molar-refractivity contribution in [2.75, 3.05) is 60.0 Å². The molecule has 0 aromatic carbocycles. The Morgan fingerprint density at radius 2 is 1.73 bits per heavy atom. The van der Waals surface area contributed by atoms with E-state index in [-0.39, 0.29) is 35.4 Å². The van der Waals surface area contributed by atoms with Gasteiger partial charge in [0.25, 0.3) is 0 Å². The topological polar surface area (TPSA) is 69.2 Å². The zero-order valence-electron chi connectivity index (χ0n) is 17.1. The first kappa shape index (κ1) is 25.4. The lowest BCUT2D eigenvalue weighted by atomic mass is 9.89. The van der Waals surface area contributed by atoms with Crippen LogP contribution in [0.4, 0.5) is 0 Å². The Morgan fingerprint density at radius 3 is 2.23 bits per heavy atom. The van der Waals surface area contributed by atoms with E-state index in [0.717, 1.165) is 58.2 Å². The average Bonchev–Trinajstić information content (AvgIpc) is 2.61. The summed E-state index contributed by atoms with van der Waals surface area (Å²) in [6.07, 6.45) is 2.46. The quantitative estimate of drug-likeness (QED) is 0.296. The third-order valence-corrected chi connectivity index (χ3v) is 5.00. The minimum Gasteiger partial charge on any atom is -0.381 e. The van der Waals surface area contributed by atoms with Gasteiger partial charge in [0, 0.05) is 51.4 Å². The van der Waals surface area contributed by atoms with Crippen LogP contribution in [0.15, 0.2) is 4.99 Å². The van der Waals surface area contributed by atoms with Crippen LogP contribution in [-0.4, -0.2) is 87.2 Å². The molecule has 0 unspecified atom stereocenters. The number of carbonyl (C=O) groups excluding carboxylic acids is 1. The van der Waals surface area contributed by atoms with Crippen molar-refractivity contribution in [1.82, 2.24) is 20.4 Å². The van der Waals surface area contributed by atoms with Crippen LogP contribution >= 0.6 is 24.0 Å². The molecule has 1 amide bonds. The molecule has 0 aliphatic carbocycles. The fourth-order valence-electron chi connectivity index (χ4n) is 3.09. The second kappa shape index (κ2) is 13.5. The Hall–Kier alpha value is -0.610. The van der Waals surface area contributed by atoms with E-state index >= 15 is 0 Å². The van der Waals surface area contributed by atoms with Crippen molar-refractivity contribution < 1.29 is 9.53 Å². The Balaban J connectivity index is 0.00000625. The summed E-state index contributed by atoms with van der Waals surface area (Å²) in [6, 6.07) is 0. The molecule has 1 aliphatic heterocycles. The summed E-state index contributed by atoms with van der Waals surface area (Å²) in [5.74, 6) is 0.963. The highest BCUT2D eigenvalue weighted by Crippen LogP contribution is 2.26. The predicted molar refractivity (Wildman–Crippen MR) is 118 cm³/mol. The molecular formula is C18H38IN5O2. The van der Waals surface area contributed by atoms with Gasteiger partial charge in [0.15, 0.2) is 5.96 Å².